The first-order valence-corrected chi connectivity index (χ1v) is 7.91. The van der Waals surface area contributed by atoms with Gasteiger partial charge in [-0.2, -0.15) is 13.2 Å². The Labute approximate surface area is 147 Å². The minimum atomic E-state index is -4.37. The van der Waals surface area contributed by atoms with Crippen LogP contribution in [0.15, 0.2) is 55.2 Å². The Kier molecular flexibility index (Phi) is 3.95. The minimum Gasteiger partial charge on any atom is -0.351 e. The maximum absolute atomic E-state index is 13.0. The number of fused-ring (bicyclic) bond motifs is 1. The highest BCUT2D eigenvalue weighted by Gasteiger charge is 2.30. The summed E-state index contributed by atoms with van der Waals surface area (Å²) in [6.45, 7) is 1.14. The Bertz CT molecular complexity index is 928. The van der Waals surface area contributed by atoms with E-state index in [0.29, 0.717) is 30.2 Å². The Morgan fingerprint density at radius 3 is 2.62 bits per heavy atom. The number of pyridine rings is 1. The fourth-order valence-corrected chi connectivity index (χ4v) is 2.89. The van der Waals surface area contributed by atoms with Crippen LogP contribution in [0.25, 0.3) is 11.1 Å². The van der Waals surface area contributed by atoms with Crippen molar-refractivity contribution < 1.29 is 13.2 Å². The Balaban J connectivity index is 1.66. The van der Waals surface area contributed by atoms with Gasteiger partial charge in [-0.25, -0.2) is 15.0 Å². The van der Waals surface area contributed by atoms with Crippen LogP contribution in [0.4, 0.5) is 24.7 Å². The Morgan fingerprint density at radius 1 is 1.04 bits per heavy atom. The molecule has 0 saturated carbocycles. The zero-order valence-electron chi connectivity index (χ0n) is 13.5. The highest BCUT2D eigenvalue weighted by Crippen LogP contribution is 2.36. The summed E-state index contributed by atoms with van der Waals surface area (Å²) in [7, 11) is 0. The summed E-state index contributed by atoms with van der Waals surface area (Å²) in [6.07, 6.45) is 2.13. The molecule has 0 saturated heterocycles. The van der Waals surface area contributed by atoms with Crippen molar-refractivity contribution >= 4 is 11.5 Å². The quantitative estimate of drug-likeness (QED) is 0.769. The van der Waals surface area contributed by atoms with E-state index in [1.54, 1.807) is 24.7 Å². The van der Waals surface area contributed by atoms with Gasteiger partial charge in [-0.15, -0.1) is 0 Å². The van der Waals surface area contributed by atoms with Gasteiger partial charge in [0.15, 0.2) is 5.82 Å². The van der Waals surface area contributed by atoms with Crippen LogP contribution in [0.1, 0.15) is 11.1 Å². The molecule has 1 aromatic carbocycles. The number of hydrogen-bond acceptors (Lipinski definition) is 5. The lowest BCUT2D eigenvalue weighted by Crippen LogP contribution is -2.22. The van der Waals surface area contributed by atoms with E-state index in [2.05, 4.69) is 20.3 Å². The van der Waals surface area contributed by atoms with Crippen LogP contribution < -0.4 is 10.2 Å². The molecule has 0 fully saturated rings. The van der Waals surface area contributed by atoms with Gasteiger partial charge in [0, 0.05) is 36.3 Å². The molecule has 132 valence electrons. The maximum atomic E-state index is 13.0. The van der Waals surface area contributed by atoms with E-state index in [1.165, 1.54) is 12.4 Å². The highest BCUT2D eigenvalue weighted by atomic mass is 19.4. The van der Waals surface area contributed by atoms with Crippen LogP contribution >= 0.6 is 0 Å². The molecule has 1 aliphatic heterocycles. The number of benzene rings is 1. The average Bonchev–Trinajstić information content (AvgIpc) is 3.04. The van der Waals surface area contributed by atoms with Crippen molar-refractivity contribution in [1.29, 1.82) is 0 Å². The summed E-state index contributed by atoms with van der Waals surface area (Å²) >= 11 is 0. The van der Waals surface area contributed by atoms with Crippen LogP contribution in [-0.2, 0) is 12.7 Å². The van der Waals surface area contributed by atoms with Gasteiger partial charge in [0.1, 0.15) is 6.33 Å². The molecular formula is C18H14F3N5. The van der Waals surface area contributed by atoms with E-state index in [4.69, 9.17) is 0 Å². The molecular weight excluding hydrogens is 343 g/mol. The van der Waals surface area contributed by atoms with Gasteiger partial charge in [-0.3, -0.25) is 0 Å². The molecule has 8 heteroatoms. The second kappa shape index (κ2) is 6.29. The smallest absolute Gasteiger partial charge is 0.351 e. The number of alkyl halides is 3. The van der Waals surface area contributed by atoms with Crippen molar-refractivity contribution in [1.82, 2.24) is 15.0 Å². The fourth-order valence-electron chi connectivity index (χ4n) is 2.89. The van der Waals surface area contributed by atoms with Crippen LogP contribution in [0.2, 0.25) is 0 Å². The number of anilines is 2. The summed E-state index contributed by atoms with van der Waals surface area (Å²) in [5.74, 6) is 0.706. The summed E-state index contributed by atoms with van der Waals surface area (Å²) in [6, 6.07) is 7.11. The largest absolute Gasteiger partial charge is 0.416 e. The maximum Gasteiger partial charge on any atom is 0.416 e. The number of hydrogen-bond donors (Lipinski definition) is 1. The van der Waals surface area contributed by atoms with E-state index in [9.17, 15) is 13.2 Å². The number of nitrogens with one attached hydrogen (secondary N) is 1. The van der Waals surface area contributed by atoms with Gasteiger partial charge in [-0.05, 0) is 23.8 Å². The molecule has 0 atom stereocenters. The van der Waals surface area contributed by atoms with E-state index < -0.39 is 11.7 Å². The summed E-state index contributed by atoms with van der Waals surface area (Å²) in [5.41, 5.74) is 2.21. The summed E-state index contributed by atoms with van der Waals surface area (Å²) in [4.78, 5) is 14.4. The predicted octanol–water partition coefficient (Wildman–Crippen LogP) is 3.95. The van der Waals surface area contributed by atoms with Crippen molar-refractivity contribution in [3.8, 4) is 11.1 Å². The van der Waals surface area contributed by atoms with Gasteiger partial charge in [-0.1, -0.05) is 12.1 Å². The first-order chi connectivity index (χ1) is 12.5. The normalized spacial score (nSPS) is 13.4. The SMILES string of the molecule is FC(F)(F)c1cccc(-c2cnc3c(c2)N(Cc2cncnc2)CN3)c1. The monoisotopic (exact) mass is 357 g/mol. The van der Waals surface area contributed by atoms with Gasteiger partial charge < -0.3 is 10.2 Å². The number of rotatable bonds is 3. The van der Waals surface area contributed by atoms with Crippen molar-refractivity contribution in [2.24, 2.45) is 0 Å². The molecule has 3 heterocycles. The molecule has 4 rings (SSSR count). The standard InChI is InChI=1S/C18H14F3N5/c19-18(20,21)15-3-1-2-13(4-15)14-5-16-17(24-8-14)25-11-26(16)9-12-6-22-10-23-7-12/h1-8,10H,9,11H2,(H,24,25). The molecule has 26 heavy (non-hydrogen) atoms. The fraction of sp³-hybridized carbons (Fsp3) is 0.167. The summed E-state index contributed by atoms with van der Waals surface area (Å²) < 4.78 is 38.9. The lowest BCUT2D eigenvalue weighted by atomic mass is 10.0. The predicted molar refractivity (Wildman–Crippen MR) is 91.4 cm³/mol. The molecule has 0 unspecified atom stereocenters. The number of aromatic nitrogens is 3. The zero-order valence-corrected chi connectivity index (χ0v) is 13.5. The Morgan fingerprint density at radius 2 is 1.85 bits per heavy atom. The third-order valence-corrected chi connectivity index (χ3v) is 4.16. The van der Waals surface area contributed by atoms with Gasteiger partial charge in [0.05, 0.1) is 17.9 Å². The molecule has 5 nitrogen and oxygen atoms in total. The molecule has 1 aliphatic rings. The van der Waals surface area contributed by atoms with Crippen molar-refractivity contribution in [2.75, 3.05) is 16.9 Å². The molecule has 0 spiro atoms. The van der Waals surface area contributed by atoms with Crippen molar-refractivity contribution in [2.45, 2.75) is 12.7 Å². The van der Waals surface area contributed by atoms with Gasteiger partial charge >= 0.3 is 6.18 Å². The third kappa shape index (κ3) is 3.17. The Hall–Kier alpha value is -3.16. The zero-order chi connectivity index (χ0) is 18.1. The first-order valence-electron chi connectivity index (χ1n) is 7.91. The molecule has 0 amide bonds. The van der Waals surface area contributed by atoms with Crippen LogP contribution in [0.5, 0.6) is 0 Å². The first kappa shape index (κ1) is 16.3. The third-order valence-electron chi connectivity index (χ3n) is 4.16. The molecule has 0 aliphatic carbocycles. The number of halogens is 3. The van der Waals surface area contributed by atoms with Crippen LogP contribution in [-0.4, -0.2) is 21.6 Å². The van der Waals surface area contributed by atoms with Gasteiger partial charge in [0.2, 0.25) is 0 Å². The van der Waals surface area contributed by atoms with Crippen LogP contribution in [0, 0.1) is 0 Å². The average molecular weight is 357 g/mol. The lowest BCUT2D eigenvalue weighted by molar-refractivity contribution is -0.137. The molecule has 0 bridgehead atoms. The van der Waals surface area contributed by atoms with E-state index in [-0.39, 0.29) is 0 Å². The second-order valence-corrected chi connectivity index (χ2v) is 5.95. The molecule has 2 aromatic heterocycles. The molecule has 1 N–H and O–H groups in total. The van der Waals surface area contributed by atoms with Crippen molar-refractivity contribution in [3.63, 3.8) is 0 Å². The highest BCUT2D eigenvalue weighted by molar-refractivity contribution is 5.77. The van der Waals surface area contributed by atoms with Gasteiger partial charge in [0.25, 0.3) is 0 Å². The van der Waals surface area contributed by atoms with E-state index in [1.807, 2.05) is 11.0 Å². The topological polar surface area (TPSA) is 53.9 Å². The lowest BCUT2D eigenvalue weighted by Gasteiger charge is -2.18. The molecule has 0 radical (unpaired) electrons. The second-order valence-electron chi connectivity index (χ2n) is 5.95. The minimum absolute atomic E-state index is 0.477. The van der Waals surface area contributed by atoms with Crippen molar-refractivity contribution in [3.05, 3.63) is 66.4 Å². The van der Waals surface area contributed by atoms with E-state index >= 15 is 0 Å². The van der Waals surface area contributed by atoms with E-state index in [0.717, 1.165) is 23.4 Å². The molecule has 3 aromatic rings. The number of nitrogens with zero attached hydrogens (tertiary/aromatic N) is 4. The summed E-state index contributed by atoms with van der Waals surface area (Å²) in [5, 5.41) is 3.18. The van der Waals surface area contributed by atoms with Crippen LogP contribution in [0.3, 0.4) is 0 Å².